The topological polar surface area (TPSA) is 60.5 Å². The van der Waals surface area contributed by atoms with Crippen molar-refractivity contribution < 1.29 is 14.3 Å². The number of aromatic nitrogens is 1. The summed E-state index contributed by atoms with van der Waals surface area (Å²) in [5.41, 5.74) is 4.02. The van der Waals surface area contributed by atoms with Crippen molar-refractivity contribution in [3.8, 4) is 11.5 Å². The Bertz CT molecular complexity index is 1100. The van der Waals surface area contributed by atoms with Gasteiger partial charge in [-0.05, 0) is 61.6 Å². The third-order valence-corrected chi connectivity index (χ3v) is 6.58. The SMILES string of the molecule is COc1ccc(NC(=O)CSc2c3c(nc4ccc(Cl)cc24)CCCC3)cc1OC. The normalized spacial score (nSPS) is 13.0. The van der Waals surface area contributed by atoms with Crippen molar-refractivity contribution in [3.05, 3.63) is 52.7 Å². The number of carbonyl (C=O) groups excluding carboxylic acids is 1. The van der Waals surface area contributed by atoms with Crippen LogP contribution in [0.2, 0.25) is 5.02 Å². The second-order valence-corrected chi connectivity index (χ2v) is 8.56. The molecule has 1 heterocycles. The number of halogens is 1. The number of benzene rings is 2. The fourth-order valence-corrected chi connectivity index (χ4v) is 5.00. The maximum Gasteiger partial charge on any atom is 0.234 e. The van der Waals surface area contributed by atoms with Crippen LogP contribution in [-0.4, -0.2) is 30.9 Å². The van der Waals surface area contributed by atoms with E-state index in [1.807, 2.05) is 18.2 Å². The lowest BCUT2D eigenvalue weighted by Gasteiger charge is -2.20. The molecule has 5 nitrogen and oxygen atoms in total. The minimum absolute atomic E-state index is 0.0798. The lowest BCUT2D eigenvalue weighted by Crippen LogP contribution is -2.15. The van der Waals surface area contributed by atoms with Crippen LogP contribution in [0.5, 0.6) is 11.5 Å². The number of nitrogens with zero attached hydrogens (tertiary/aromatic N) is 1. The van der Waals surface area contributed by atoms with Crippen LogP contribution in [-0.2, 0) is 17.6 Å². The molecule has 4 rings (SSSR count). The molecule has 0 saturated carbocycles. The number of hydrogen-bond acceptors (Lipinski definition) is 5. The first-order valence-electron chi connectivity index (χ1n) is 9.84. The highest BCUT2D eigenvalue weighted by molar-refractivity contribution is 8.00. The van der Waals surface area contributed by atoms with Gasteiger partial charge >= 0.3 is 0 Å². The third kappa shape index (κ3) is 4.35. The second-order valence-electron chi connectivity index (χ2n) is 7.14. The van der Waals surface area contributed by atoms with Crippen molar-refractivity contribution in [2.75, 3.05) is 25.3 Å². The standard InChI is InChI=1S/C23H23ClN2O3S/c1-28-20-10-8-15(12-21(20)29-2)25-22(27)13-30-23-16-5-3-4-6-18(16)26-19-9-7-14(24)11-17(19)23/h7-12H,3-6,13H2,1-2H3,(H,25,27). The summed E-state index contributed by atoms with van der Waals surface area (Å²) < 4.78 is 10.6. The Morgan fingerprint density at radius 1 is 1.10 bits per heavy atom. The first-order valence-corrected chi connectivity index (χ1v) is 11.2. The molecule has 1 amide bonds. The maximum atomic E-state index is 12.7. The van der Waals surface area contributed by atoms with E-state index in [-0.39, 0.29) is 5.91 Å². The number of methoxy groups -OCH3 is 2. The van der Waals surface area contributed by atoms with Gasteiger partial charge in [0.05, 0.1) is 25.5 Å². The van der Waals surface area contributed by atoms with Gasteiger partial charge in [0.15, 0.2) is 11.5 Å². The molecule has 3 aromatic rings. The Kier molecular flexibility index (Phi) is 6.35. The van der Waals surface area contributed by atoms with Gasteiger partial charge in [-0.3, -0.25) is 9.78 Å². The molecule has 1 aliphatic rings. The zero-order chi connectivity index (χ0) is 21.1. The molecule has 0 bridgehead atoms. The van der Waals surface area contributed by atoms with E-state index in [1.54, 1.807) is 44.2 Å². The van der Waals surface area contributed by atoms with Crippen molar-refractivity contribution in [2.24, 2.45) is 0 Å². The first kappa shape index (κ1) is 20.8. The van der Waals surface area contributed by atoms with E-state index in [0.717, 1.165) is 47.2 Å². The molecule has 0 aliphatic heterocycles. The number of carbonyl (C=O) groups is 1. The Hall–Kier alpha value is -2.44. The molecule has 1 N–H and O–H groups in total. The number of pyridine rings is 1. The van der Waals surface area contributed by atoms with E-state index in [2.05, 4.69) is 5.32 Å². The van der Waals surface area contributed by atoms with Crippen molar-refractivity contribution >= 4 is 45.9 Å². The smallest absolute Gasteiger partial charge is 0.234 e. The van der Waals surface area contributed by atoms with Crippen molar-refractivity contribution in [1.29, 1.82) is 0 Å². The first-order chi connectivity index (χ1) is 14.6. The number of hydrogen-bond donors (Lipinski definition) is 1. The van der Waals surface area contributed by atoms with Crippen LogP contribution in [0.1, 0.15) is 24.1 Å². The van der Waals surface area contributed by atoms with Crippen LogP contribution < -0.4 is 14.8 Å². The summed E-state index contributed by atoms with van der Waals surface area (Å²) in [6.45, 7) is 0. The molecular weight excluding hydrogens is 420 g/mol. The van der Waals surface area contributed by atoms with Crippen LogP contribution in [0.15, 0.2) is 41.3 Å². The minimum Gasteiger partial charge on any atom is -0.493 e. The molecule has 0 saturated heterocycles. The highest BCUT2D eigenvalue weighted by Crippen LogP contribution is 2.37. The van der Waals surface area contributed by atoms with Crippen LogP contribution >= 0.6 is 23.4 Å². The largest absolute Gasteiger partial charge is 0.493 e. The summed E-state index contributed by atoms with van der Waals surface area (Å²) in [6.07, 6.45) is 4.28. The minimum atomic E-state index is -0.0798. The van der Waals surface area contributed by atoms with Gasteiger partial charge in [0.1, 0.15) is 0 Å². The number of ether oxygens (including phenoxy) is 2. The zero-order valence-electron chi connectivity index (χ0n) is 17.0. The van der Waals surface area contributed by atoms with E-state index in [1.165, 1.54) is 5.56 Å². The van der Waals surface area contributed by atoms with Gasteiger partial charge < -0.3 is 14.8 Å². The molecule has 1 aliphatic carbocycles. The van der Waals surface area contributed by atoms with Gasteiger partial charge in [-0.25, -0.2) is 0 Å². The summed E-state index contributed by atoms with van der Waals surface area (Å²) in [5.74, 6) is 1.42. The summed E-state index contributed by atoms with van der Waals surface area (Å²) in [6, 6.07) is 11.1. The van der Waals surface area contributed by atoms with Crippen molar-refractivity contribution in [1.82, 2.24) is 4.98 Å². The zero-order valence-corrected chi connectivity index (χ0v) is 18.5. The fourth-order valence-electron chi connectivity index (χ4n) is 3.77. The number of nitrogens with one attached hydrogen (secondary N) is 1. The molecule has 0 spiro atoms. The molecular formula is C23H23ClN2O3S. The Morgan fingerprint density at radius 3 is 2.70 bits per heavy atom. The lowest BCUT2D eigenvalue weighted by molar-refractivity contribution is -0.113. The number of thioether (sulfide) groups is 1. The van der Waals surface area contributed by atoms with Gasteiger partial charge in [-0.2, -0.15) is 0 Å². The third-order valence-electron chi connectivity index (χ3n) is 5.19. The summed E-state index contributed by atoms with van der Waals surface area (Å²) in [7, 11) is 3.15. The molecule has 1 aromatic heterocycles. The molecule has 156 valence electrons. The van der Waals surface area contributed by atoms with Gasteiger partial charge in [-0.15, -0.1) is 11.8 Å². The molecule has 2 aromatic carbocycles. The Labute approximate surface area is 185 Å². The maximum absolute atomic E-state index is 12.7. The number of anilines is 1. The lowest BCUT2D eigenvalue weighted by atomic mass is 9.94. The highest BCUT2D eigenvalue weighted by atomic mass is 35.5. The molecule has 0 atom stereocenters. The van der Waals surface area contributed by atoms with E-state index >= 15 is 0 Å². The van der Waals surface area contributed by atoms with Gasteiger partial charge in [-0.1, -0.05) is 11.6 Å². The quantitative estimate of drug-likeness (QED) is 0.509. The van der Waals surface area contributed by atoms with E-state index in [0.29, 0.717) is 28.0 Å². The Balaban J connectivity index is 1.56. The highest BCUT2D eigenvalue weighted by Gasteiger charge is 2.19. The van der Waals surface area contributed by atoms with E-state index in [4.69, 9.17) is 26.1 Å². The second kappa shape index (κ2) is 9.14. The number of fused-ring (bicyclic) bond motifs is 2. The fraction of sp³-hybridized carbons (Fsp3) is 0.304. The number of rotatable bonds is 6. The Morgan fingerprint density at radius 2 is 1.90 bits per heavy atom. The average molecular weight is 443 g/mol. The molecule has 0 fully saturated rings. The molecule has 7 heteroatoms. The van der Waals surface area contributed by atoms with E-state index < -0.39 is 0 Å². The van der Waals surface area contributed by atoms with Crippen molar-refractivity contribution in [2.45, 2.75) is 30.6 Å². The summed E-state index contributed by atoms with van der Waals surface area (Å²) >= 11 is 7.81. The predicted molar refractivity (Wildman–Crippen MR) is 122 cm³/mol. The van der Waals surface area contributed by atoms with Crippen LogP contribution in [0.3, 0.4) is 0 Å². The average Bonchev–Trinajstić information content (AvgIpc) is 2.76. The van der Waals surface area contributed by atoms with Gasteiger partial charge in [0, 0.05) is 32.8 Å². The number of amides is 1. The van der Waals surface area contributed by atoms with Crippen LogP contribution in [0, 0.1) is 0 Å². The summed E-state index contributed by atoms with van der Waals surface area (Å²) in [5, 5.41) is 4.64. The molecule has 30 heavy (non-hydrogen) atoms. The summed E-state index contributed by atoms with van der Waals surface area (Å²) in [4.78, 5) is 18.6. The van der Waals surface area contributed by atoms with Gasteiger partial charge in [0.25, 0.3) is 0 Å². The predicted octanol–water partition coefficient (Wildman–Crippen LogP) is 5.52. The number of aryl methyl sites for hydroxylation is 1. The van der Waals surface area contributed by atoms with Crippen molar-refractivity contribution in [3.63, 3.8) is 0 Å². The van der Waals surface area contributed by atoms with Gasteiger partial charge in [0.2, 0.25) is 5.91 Å². The van der Waals surface area contributed by atoms with Crippen LogP contribution in [0.4, 0.5) is 5.69 Å². The van der Waals surface area contributed by atoms with E-state index in [9.17, 15) is 4.79 Å². The molecule has 0 unspecified atom stereocenters. The van der Waals surface area contributed by atoms with Crippen LogP contribution in [0.25, 0.3) is 10.9 Å². The molecule has 0 radical (unpaired) electrons. The monoisotopic (exact) mass is 442 g/mol.